The lowest BCUT2D eigenvalue weighted by Crippen LogP contribution is -2.70. The molecule has 0 aromatic heterocycles. The fourth-order valence-electron chi connectivity index (χ4n) is 4.73. The van der Waals surface area contributed by atoms with Crippen LogP contribution in [0.5, 0.6) is 0 Å². The largest absolute Gasteiger partial charge is 0.377 e. The van der Waals surface area contributed by atoms with Crippen LogP contribution < -0.4 is 10.0 Å². The molecule has 3 atom stereocenters. The van der Waals surface area contributed by atoms with Gasteiger partial charge in [0.1, 0.15) is 0 Å². The molecule has 1 heterocycles. The van der Waals surface area contributed by atoms with Gasteiger partial charge in [0, 0.05) is 30.5 Å². The SMILES string of the molecule is CNS(=O)(=O)c1cccc(CN[C@@H]2[C@@H]3CCO[C@@H]3C23CCC3)c1. The van der Waals surface area contributed by atoms with E-state index in [4.69, 9.17) is 4.74 Å². The number of nitrogens with one attached hydrogen (secondary N) is 2. The summed E-state index contributed by atoms with van der Waals surface area (Å²) in [6, 6.07) is 7.70. The van der Waals surface area contributed by atoms with E-state index < -0.39 is 10.0 Å². The molecule has 0 unspecified atom stereocenters. The predicted octanol–water partition coefficient (Wildman–Crippen LogP) is 1.64. The minimum Gasteiger partial charge on any atom is -0.377 e. The summed E-state index contributed by atoms with van der Waals surface area (Å²) in [7, 11) is -1.94. The zero-order valence-electron chi connectivity index (χ0n) is 13.4. The summed E-state index contributed by atoms with van der Waals surface area (Å²) >= 11 is 0. The maximum Gasteiger partial charge on any atom is 0.240 e. The van der Waals surface area contributed by atoms with Crippen molar-refractivity contribution in [3.8, 4) is 0 Å². The average molecular weight is 336 g/mol. The summed E-state index contributed by atoms with van der Waals surface area (Å²) in [5.41, 5.74) is 1.37. The Bertz CT molecular complexity index is 700. The van der Waals surface area contributed by atoms with Crippen LogP contribution in [0.25, 0.3) is 0 Å². The van der Waals surface area contributed by atoms with Gasteiger partial charge in [-0.05, 0) is 44.0 Å². The van der Waals surface area contributed by atoms with E-state index in [2.05, 4.69) is 10.0 Å². The minimum atomic E-state index is -3.38. The molecule has 126 valence electrons. The first-order chi connectivity index (χ1) is 11.1. The van der Waals surface area contributed by atoms with Gasteiger partial charge in [0.15, 0.2) is 0 Å². The molecular formula is C17H24N2O3S. The quantitative estimate of drug-likeness (QED) is 0.858. The highest BCUT2D eigenvalue weighted by molar-refractivity contribution is 7.89. The minimum absolute atomic E-state index is 0.327. The molecule has 23 heavy (non-hydrogen) atoms. The first kappa shape index (κ1) is 15.6. The monoisotopic (exact) mass is 336 g/mol. The molecule has 1 spiro atoms. The first-order valence-electron chi connectivity index (χ1n) is 8.44. The lowest BCUT2D eigenvalue weighted by Gasteiger charge is -2.63. The number of hydrogen-bond acceptors (Lipinski definition) is 4. The maximum atomic E-state index is 11.9. The molecular weight excluding hydrogens is 312 g/mol. The Balaban J connectivity index is 1.46. The van der Waals surface area contributed by atoms with Gasteiger partial charge in [-0.1, -0.05) is 18.6 Å². The van der Waals surface area contributed by atoms with Crippen LogP contribution in [0.1, 0.15) is 31.2 Å². The van der Waals surface area contributed by atoms with Gasteiger partial charge in [-0.3, -0.25) is 0 Å². The van der Waals surface area contributed by atoms with Crippen LogP contribution in [0.15, 0.2) is 29.2 Å². The molecule has 2 N–H and O–H groups in total. The van der Waals surface area contributed by atoms with E-state index in [0.717, 1.165) is 18.6 Å². The molecule has 0 bridgehead atoms. The topological polar surface area (TPSA) is 67.4 Å². The second-order valence-electron chi connectivity index (χ2n) is 7.04. The summed E-state index contributed by atoms with van der Waals surface area (Å²) in [4.78, 5) is 0.327. The molecule has 1 aliphatic heterocycles. The Hall–Kier alpha value is -0.950. The predicted molar refractivity (Wildman–Crippen MR) is 87.4 cm³/mol. The van der Waals surface area contributed by atoms with Crippen molar-refractivity contribution in [3.63, 3.8) is 0 Å². The van der Waals surface area contributed by atoms with E-state index >= 15 is 0 Å². The van der Waals surface area contributed by atoms with Crippen LogP contribution in [-0.2, 0) is 21.3 Å². The second kappa shape index (κ2) is 5.55. The van der Waals surface area contributed by atoms with Gasteiger partial charge in [-0.2, -0.15) is 0 Å². The highest BCUT2D eigenvalue weighted by Gasteiger charge is 2.66. The third-order valence-electron chi connectivity index (χ3n) is 6.04. The van der Waals surface area contributed by atoms with Crippen LogP contribution >= 0.6 is 0 Å². The fourth-order valence-corrected chi connectivity index (χ4v) is 5.53. The van der Waals surface area contributed by atoms with Gasteiger partial charge in [-0.25, -0.2) is 13.1 Å². The normalized spacial score (nSPS) is 31.4. The smallest absolute Gasteiger partial charge is 0.240 e. The summed E-state index contributed by atoms with van der Waals surface area (Å²) in [6.07, 6.45) is 5.45. The van der Waals surface area contributed by atoms with E-state index in [1.165, 1.54) is 26.3 Å². The van der Waals surface area contributed by atoms with Crippen LogP contribution in [0, 0.1) is 11.3 Å². The number of ether oxygens (including phenoxy) is 1. The molecule has 2 aliphatic carbocycles. The Morgan fingerprint density at radius 1 is 1.35 bits per heavy atom. The van der Waals surface area contributed by atoms with Crippen molar-refractivity contribution in [2.75, 3.05) is 13.7 Å². The Morgan fingerprint density at radius 2 is 2.17 bits per heavy atom. The molecule has 3 fully saturated rings. The number of rotatable bonds is 5. The van der Waals surface area contributed by atoms with Crippen molar-refractivity contribution in [2.45, 2.75) is 49.3 Å². The summed E-state index contributed by atoms with van der Waals surface area (Å²) < 4.78 is 32.1. The third-order valence-corrected chi connectivity index (χ3v) is 7.45. The van der Waals surface area contributed by atoms with Crippen LogP contribution in [0.2, 0.25) is 0 Å². The standard InChI is InChI=1S/C17H24N2O3S/c1-18-23(20,21)13-5-2-4-12(10-13)11-19-15-14-6-9-22-16(14)17(15)7-3-8-17/h2,4-5,10,14-16,18-19H,3,6-9,11H2,1H3/t14-,15+,16-/m0/s1. The lowest BCUT2D eigenvalue weighted by molar-refractivity contribution is -0.176. The van der Waals surface area contributed by atoms with Crippen molar-refractivity contribution in [3.05, 3.63) is 29.8 Å². The molecule has 0 amide bonds. The number of benzene rings is 1. The van der Waals surface area contributed by atoms with Gasteiger partial charge in [-0.15, -0.1) is 0 Å². The van der Waals surface area contributed by atoms with Gasteiger partial charge in [0.25, 0.3) is 0 Å². The van der Waals surface area contributed by atoms with Crippen molar-refractivity contribution < 1.29 is 13.2 Å². The van der Waals surface area contributed by atoms with Crippen molar-refractivity contribution in [1.29, 1.82) is 0 Å². The summed E-state index contributed by atoms with van der Waals surface area (Å²) in [6.45, 7) is 1.61. The molecule has 6 heteroatoms. The summed E-state index contributed by atoms with van der Waals surface area (Å²) in [5, 5.41) is 3.70. The molecule has 1 aromatic rings. The van der Waals surface area contributed by atoms with E-state index in [-0.39, 0.29) is 0 Å². The van der Waals surface area contributed by atoms with E-state index in [1.807, 2.05) is 12.1 Å². The van der Waals surface area contributed by atoms with Gasteiger partial charge in [0.05, 0.1) is 11.0 Å². The summed E-state index contributed by atoms with van der Waals surface area (Å²) in [5.74, 6) is 0.638. The Morgan fingerprint density at radius 3 is 2.87 bits per heavy atom. The average Bonchev–Trinajstić information content (AvgIpc) is 2.91. The highest BCUT2D eigenvalue weighted by Crippen LogP contribution is 2.62. The van der Waals surface area contributed by atoms with Gasteiger partial charge < -0.3 is 10.1 Å². The fraction of sp³-hybridized carbons (Fsp3) is 0.647. The maximum absolute atomic E-state index is 11.9. The first-order valence-corrected chi connectivity index (χ1v) is 9.93. The van der Waals surface area contributed by atoms with Crippen molar-refractivity contribution in [2.24, 2.45) is 11.3 Å². The van der Waals surface area contributed by atoms with Crippen LogP contribution in [-0.4, -0.2) is 34.2 Å². The van der Waals surface area contributed by atoms with Gasteiger partial charge >= 0.3 is 0 Å². The molecule has 0 radical (unpaired) electrons. The van der Waals surface area contributed by atoms with E-state index in [0.29, 0.717) is 34.9 Å². The zero-order valence-corrected chi connectivity index (χ0v) is 14.2. The molecule has 1 aromatic carbocycles. The van der Waals surface area contributed by atoms with Crippen LogP contribution in [0.4, 0.5) is 0 Å². The number of sulfonamides is 1. The Kier molecular flexibility index (Phi) is 3.76. The van der Waals surface area contributed by atoms with Gasteiger partial charge in [0.2, 0.25) is 10.0 Å². The molecule has 3 aliphatic rings. The van der Waals surface area contributed by atoms with Crippen LogP contribution in [0.3, 0.4) is 0 Å². The van der Waals surface area contributed by atoms with Crippen molar-refractivity contribution in [1.82, 2.24) is 10.0 Å². The molecule has 2 saturated carbocycles. The number of fused-ring (bicyclic) bond motifs is 2. The molecule has 1 saturated heterocycles. The third kappa shape index (κ3) is 2.35. The van der Waals surface area contributed by atoms with E-state index in [9.17, 15) is 8.42 Å². The molecule has 5 nitrogen and oxygen atoms in total. The number of hydrogen-bond donors (Lipinski definition) is 2. The van der Waals surface area contributed by atoms with Crippen molar-refractivity contribution >= 4 is 10.0 Å². The Labute approximate surface area is 137 Å². The zero-order chi connectivity index (χ0) is 16.1. The lowest BCUT2D eigenvalue weighted by atomic mass is 9.46. The van der Waals surface area contributed by atoms with E-state index in [1.54, 1.807) is 12.1 Å². The highest BCUT2D eigenvalue weighted by atomic mass is 32.2. The molecule has 4 rings (SSSR count). The second-order valence-corrected chi connectivity index (χ2v) is 8.93.